The van der Waals surface area contributed by atoms with E-state index in [9.17, 15) is 51.1 Å². The summed E-state index contributed by atoms with van der Waals surface area (Å²) in [7, 11) is 0. The number of hydrogen-bond acceptors (Lipinski definition) is 12. The molecule has 68 heavy (non-hydrogen) atoms. The van der Waals surface area contributed by atoms with Gasteiger partial charge in [-0.15, -0.1) is 0 Å². The zero-order valence-electron chi connectivity index (χ0n) is 35.8. The highest BCUT2D eigenvalue weighted by molar-refractivity contribution is 5.71. The first-order valence-corrected chi connectivity index (χ1v) is 22.2. The molecule has 0 radical (unpaired) electrons. The van der Waals surface area contributed by atoms with Gasteiger partial charge < -0.3 is 60.5 Å². The number of ether oxygens (including phenoxy) is 2. The minimum Gasteiger partial charge on any atom is -0.508 e. The molecule has 4 aliphatic rings. The third-order valence-corrected chi connectivity index (χ3v) is 14.5. The number of phenolic OH excluding ortho intramolecular Hbond substituents is 10. The highest BCUT2D eigenvalue weighted by Gasteiger charge is 2.55. The van der Waals surface area contributed by atoms with E-state index in [2.05, 4.69) is 0 Å². The van der Waals surface area contributed by atoms with Gasteiger partial charge in [0.15, 0.2) is 0 Å². The zero-order valence-corrected chi connectivity index (χ0v) is 35.8. The van der Waals surface area contributed by atoms with Crippen molar-refractivity contribution < 1.29 is 60.5 Å². The average Bonchev–Trinajstić information content (AvgIpc) is 3.81. The number of hydrogen-bond donors (Lipinski definition) is 10. The van der Waals surface area contributed by atoms with Gasteiger partial charge in [0, 0.05) is 70.2 Å². The van der Waals surface area contributed by atoms with E-state index in [-0.39, 0.29) is 57.5 Å². The van der Waals surface area contributed by atoms with E-state index in [1.165, 1.54) is 24.3 Å². The molecule has 0 spiro atoms. The summed E-state index contributed by atoms with van der Waals surface area (Å²) < 4.78 is 13.7. The second-order valence-electron chi connectivity index (χ2n) is 18.2. The fourth-order valence-electron chi connectivity index (χ4n) is 12.0. The molecule has 0 aromatic heterocycles. The van der Waals surface area contributed by atoms with Crippen molar-refractivity contribution >= 4 is 0 Å². The quantitative estimate of drug-likeness (QED) is 0.0780. The molecule has 2 unspecified atom stereocenters. The lowest BCUT2D eigenvalue weighted by Gasteiger charge is -2.40. The largest absolute Gasteiger partial charge is 0.508 e. The van der Waals surface area contributed by atoms with Gasteiger partial charge in [-0.2, -0.15) is 0 Å². The minimum atomic E-state index is -0.918. The molecule has 8 aromatic rings. The first kappa shape index (κ1) is 40.8. The molecule has 8 atom stereocenters. The van der Waals surface area contributed by atoms with Crippen molar-refractivity contribution in [3.8, 4) is 69.0 Å². The van der Waals surface area contributed by atoms with Gasteiger partial charge in [-0.3, -0.25) is 0 Å². The predicted molar refractivity (Wildman–Crippen MR) is 248 cm³/mol. The Morgan fingerprint density at radius 3 is 0.897 bits per heavy atom. The molecule has 12 rings (SSSR count). The minimum absolute atomic E-state index is 0.0182. The van der Waals surface area contributed by atoms with Crippen LogP contribution in [0.4, 0.5) is 0 Å². The third-order valence-electron chi connectivity index (χ3n) is 14.5. The second-order valence-corrected chi connectivity index (χ2v) is 18.2. The van der Waals surface area contributed by atoms with Crippen LogP contribution in [0, 0.1) is 0 Å². The molecule has 0 saturated carbocycles. The molecule has 0 fully saturated rings. The van der Waals surface area contributed by atoms with Crippen molar-refractivity contribution in [1.29, 1.82) is 0 Å². The highest BCUT2D eigenvalue weighted by atomic mass is 16.5. The SMILES string of the molecule is Oc1ccc([C@H]2c3c(O)cc(O)cc3C3c4c(cc(O)cc4[C@@H]2[C@H]2c4cc(O)cc5c4C(c4cc(O)cc(O)c4[C@@H]2c2ccc(O)cc2)[C@@H](c2ccc(O)cc2)O5)O[C@@H]3c2ccc(O)cc2)cc1. The Hall–Kier alpha value is -8.64. The van der Waals surface area contributed by atoms with E-state index in [1.54, 1.807) is 121 Å². The molecule has 12 nitrogen and oxygen atoms in total. The number of fused-ring (bicyclic) bond motifs is 4. The van der Waals surface area contributed by atoms with E-state index in [4.69, 9.17) is 9.47 Å². The van der Waals surface area contributed by atoms with Crippen LogP contribution in [0.15, 0.2) is 146 Å². The summed E-state index contributed by atoms with van der Waals surface area (Å²) in [6, 6.07) is 38.4. The summed E-state index contributed by atoms with van der Waals surface area (Å²) in [5, 5.41) is 114. The lowest BCUT2D eigenvalue weighted by atomic mass is 9.62. The topological polar surface area (TPSA) is 221 Å². The van der Waals surface area contributed by atoms with Crippen LogP contribution in [0.25, 0.3) is 0 Å². The van der Waals surface area contributed by atoms with Crippen molar-refractivity contribution in [3.63, 3.8) is 0 Å². The van der Waals surface area contributed by atoms with Crippen molar-refractivity contribution in [2.24, 2.45) is 0 Å². The molecule has 12 heteroatoms. The van der Waals surface area contributed by atoms with Gasteiger partial charge >= 0.3 is 0 Å². The van der Waals surface area contributed by atoms with Crippen LogP contribution in [0.5, 0.6) is 69.0 Å². The molecule has 0 saturated heterocycles. The van der Waals surface area contributed by atoms with E-state index in [0.717, 1.165) is 0 Å². The molecular formula is C56H42O12. The summed E-state index contributed by atoms with van der Waals surface area (Å²) >= 11 is 0. The van der Waals surface area contributed by atoms with Crippen molar-refractivity contribution in [2.75, 3.05) is 0 Å². The van der Waals surface area contributed by atoms with Gasteiger partial charge in [-0.25, -0.2) is 0 Å². The van der Waals surface area contributed by atoms with Gasteiger partial charge in [0.1, 0.15) is 81.2 Å². The lowest BCUT2D eigenvalue weighted by molar-refractivity contribution is 0.221. The van der Waals surface area contributed by atoms with Crippen molar-refractivity contribution in [3.05, 3.63) is 212 Å². The van der Waals surface area contributed by atoms with E-state index >= 15 is 0 Å². The summed E-state index contributed by atoms with van der Waals surface area (Å²) in [5.74, 6) is -5.69. The third kappa shape index (κ3) is 6.20. The molecule has 338 valence electrons. The normalized spacial score (nSPS) is 22.6. The number of phenols is 10. The summed E-state index contributed by atoms with van der Waals surface area (Å²) in [6.07, 6.45) is -1.62. The Bertz CT molecular complexity index is 3110. The van der Waals surface area contributed by atoms with Crippen LogP contribution in [-0.2, 0) is 0 Å². The number of rotatable bonds is 5. The molecule has 2 heterocycles. The Kier molecular flexibility index (Phi) is 8.97. The standard InChI is InChI=1S/C56H42O12/c57-29-9-1-25(2-10-29)45-47-37(17-33(61)21-41(47)65)53-49-39(19-35(63)23-43(49)67-55(53)27-5-13-31(59)14-6-27)51(45)52-40-20-36(64)24-44-50(40)54(56(68-44)28-7-15-32(60)16-8-28)38-18-34(62)22-42(66)48(38)46(52)26-3-11-30(58)12-4-26/h1-24,45-46,51-66H/t45-,46-,51-,52-,53?,54?,55+,56+/m0/s1. The van der Waals surface area contributed by atoms with Crippen LogP contribution >= 0.6 is 0 Å². The summed E-state index contributed by atoms with van der Waals surface area (Å²) in [4.78, 5) is 0. The smallest absolute Gasteiger partial charge is 0.135 e. The van der Waals surface area contributed by atoms with Gasteiger partial charge in [-0.05, 0) is 117 Å². The molecule has 0 bridgehead atoms. The maximum absolute atomic E-state index is 12.5. The average molecular weight is 907 g/mol. The monoisotopic (exact) mass is 906 g/mol. The summed E-state index contributed by atoms with van der Waals surface area (Å²) in [6.45, 7) is 0. The van der Waals surface area contributed by atoms with Gasteiger partial charge in [0.25, 0.3) is 0 Å². The second kappa shape index (κ2) is 14.9. The Balaban J connectivity index is 1.25. The van der Waals surface area contributed by atoms with Gasteiger partial charge in [-0.1, -0.05) is 48.5 Å². The van der Waals surface area contributed by atoms with Crippen LogP contribution in [0.2, 0.25) is 0 Å². The Morgan fingerprint density at radius 1 is 0.265 bits per heavy atom. The molecule has 2 aliphatic carbocycles. The lowest BCUT2D eigenvalue weighted by Crippen LogP contribution is -2.26. The Labute approximate surface area is 388 Å². The maximum atomic E-state index is 12.5. The fourth-order valence-corrected chi connectivity index (χ4v) is 12.0. The first-order chi connectivity index (χ1) is 32.8. The molecular weight excluding hydrogens is 865 g/mol. The highest BCUT2D eigenvalue weighted by Crippen LogP contribution is 2.69. The maximum Gasteiger partial charge on any atom is 0.135 e. The van der Waals surface area contributed by atoms with Gasteiger partial charge in [0.05, 0.1) is 11.8 Å². The molecule has 2 aliphatic heterocycles. The number of benzene rings is 8. The molecule has 8 aromatic carbocycles. The fraction of sp³-hybridized carbons (Fsp3) is 0.143. The van der Waals surface area contributed by atoms with Gasteiger partial charge in [0.2, 0.25) is 0 Å². The summed E-state index contributed by atoms with van der Waals surface area (Å²) in [5.41, 5.74) is 6.75. The van der Waals surface area contributed by atoms with E-state index < -0.39 is 47.7 Å². The van der Waals surface area contributed by atoms with Crippen LogP contribution < -0.4 is 9.47 Å². The van der Waals surface area contributed by atoms with E-state index in [1.807, 2.05) is 0 Å². The van der Waals surface area contributed by atoms with Crippen LogP contribution in [0.1, 0.15) is 114 Å². The van der Waals surface area contributed by atoms with Crippen LogP contribution in [-0.4, -0.2) is 51.1 Å². The van der Waals surface area contributed by atoms with Crippen LogP contribution in [0.3, 0.4) is 0 Å². The van der Waals surface area contributed by atoms with Crippen molar-refractivity contribution in [2.45, 2.75) is 47.7 Å². The predicted octanol–water partition coefficient (Wildman–Crippen LogP) is 10.4. The molecule has 0 amide bonds. The van der Waals surface area contributed by atoms with E-state index in [0.29, 0.717) is 78.3 Å². The first-order valence-electron chi connectivity index (χ1n) is 22.2. The number of aromatic hydroxyl groups is 10. The zero-order chi connectivity index (χ0) is 46.9. The van der Waals surface area contributed by atoms with Crippen molar-refractivity contribution in [1.82, 2.24) is 0 Å². The molecule has 10 N–H and O–H groups in total. The Morgan fingerprint density at radius 2 is 0.559 bits per heavy atom.